The predicted molar refractivity (Wildman–Crippen MR) is 69.7 cm³/mol. The van der Waals surface area contributed by atoms with E-state index in [1.165, 1.54) is 11.1 Å². The SMILES string of the molecule is Cc1cccc([C@H](C)NC(C)c2ccn[nH]2)c1. The highest BCUT2D eigenvalue weighted by molar-refractivity contribution is 5.25. The Morgan fingerprint density at radius 1 is 1.18 bits per heavy atom. The van der Waals surface area contributed by atoms with Crippen molar-refractivity contribution in [3.05, 3.63) is 53.3 Å². The quantitative estimate of drug-likeness (QED) is 0.845. The molecule has 90 valence electrons. The summed E-state index contributed by atoms with van der Waals surface area (Å²) in [6.45, 7) is 6.44. The molecule has 3 nitrogen and oxygen atoms in total. The van der Waals surface area contributed by atoms with Crippen LogP contribution in [-0.2, 0) is 0 Å². The van der Waals surface area contributed by atoms with Crippen LogP contribution in [0, 0.1) is 6.92 Å². The molecule has 2 N–H and O–H groups in total. The topological polar surface area (TPSA) is 40.7 Å². The van der Waals surface area contributed by atoms with E-state index in [4.69, 9.17) is 0 Å². The maximum Gasteiger partial charge on any atom is 0.0518 e. The Kier molecular flexibility index (Phi) is 3.59. The van der Waals surface area contributed by atoms with Crippen LogP contribution in [0.1, 0.15) is 42.8 Å². The van der Waals surface area contributed by atoms with Crippen molar-refractivity contribution < 1.29 is 0 Å². The second-order valence-corrected chi connectivity index (χ2v) is 4.54. The molecular formula is C14H19N3. The van der Waals surface area contributed by atoms with Gasteiger partial charge in [0.15, 0.2) is 0 Å². The van der Waals surface area contributed by atoms with Crippen LogP contribution >= 0.6 is 0 Å². The largest absolute Gasteiger partial charge is 0.302 e. The third kappa shape index (κ3) is 2.94. The van der Waals surface area contributed by atoms with E-state index in [0.717, 1.165) is 5.69 Å². The lowest BCUT2D eigenvalue weighted by Crippen LogP contribution is -2.22. The van der Waals surface area contributed by atoms with E-state index in [1.807, 2.05) is 6.07 Å². The van der Waals surface area contributed by atoms with Gasteiger partial charge >= 0.3 is 0 Å². The molecule has 0 saturated heterocycles. The Bertz CT molecular complexity index is 462. The van der Waals surface area contributed by atoms with Gasteiger partial charge in [-0.05, 0) is 32.4 Å². The van der Waals surface area contributed by atoms with Crippen molar-refractivity contribution in [2.45, 2.75) is 32.9 Å². The minimum atomic E-state index is 0.271. The van der Waals surface area contributed by atoms with Crippen molar-refractivity contribution in [3.63, 3.8) is 0 Å². The molecule has 3 heteroatoms. The Morgan fingerprint density at radius 2 is 2.00 bits per heavy atom. The Balaban J connectivity index is 2.04. The number of nitrogens with zero attached hydrogens (tertiary/aromatic N) is 1. The molecule has 1 aromatic heterocycles. The Morgan fingerprint density at radius 3 is 2.65 bits per heavy atom. The molecule has 1 heterocycles. The number of hydrogen-bond donors (Lipinski definition) is 2. The molecule has 0 amide bonds. The van der Waals surface area contributed by atoms with Crippen LogP contribution in [0.15, 0.2) is 36.5 Å². The van der Waals surface area contributed by atoms with E-state index >= 15 is 0 Å². The van der Waals surface area contributed by atoms with Crippen LogP contribution in [0.25, 0.3) is 0 Å². The van der Waals surface area contributed by atoms with Gasteiger partial charge in [-0.1, -0.05) is 29.8 Å². The number of nitrogens with one attached hydrogen (secondary N) is 2. The number of benzene rings is 1. The van der Waals surface area contributed by atoms with Crippen molar-refractivity contribution >= 4 is 0 Å². The average Bonchev–Trinajstić information content (AvgIpc) is 2.82. The number of rotatable bonds is 4. The number of H-pyrrole nitrogens is 1. The van der Waals surface area contributed by atoms with Gasteiger partial charge in [-0.15, -0.1) is 0 Å². The molecule has 0 spiro atoms. The van der Waals surface area contributed by atoms with Crippen molar-refractivity contribution in [1.29, 1.82) is 0 Å². The molecule has 0 aliphatic carbocycles. The van der Waals surface area contributed by atoms with Crippen LogP contribution in [-0.4, -0.2) is 10.2 Å². The fraction of sp³-hybridized carbons (Fsp3) is 0.357. The van der Waals surface area contributed by atoms with Crippen molar-refractivity contribution in [2.24, 2.45) is 0 Å². The maximum atomic E-state index is 3.97. The third-order valence-electron chi connectivity index (χ3n) is 3.03. The standard InChI is InChI=1S/C14H19N3/c1-10-5-4-6-13(9-10)11(2)16-12(3)14-7-8-15-17-14/h4-9,11-12,16H,1-3H3,(H,15,17)/t11-,12?/m0/s1. The zero-order chi connectivity index (χ0) is 12.3. The van der Waals surface area contributed by atoms with Gasteiger partial charge in [-0.3, -0.25) is 5.10 Å². The van der Waals surface area contributed by atoms with Gasteiger partial charge in [0.2, 0.25) is 0 Å². The van der Waals surface area contributed by atoms with E-state index in [9.17, 15) is 0 Å². The van der Waals surface area contributed by atoms with Crippen LogP contribution in [0.4, 0.5) is 0 Å². The highest BCUT2D eigenvalue weighted by Gasteiger charge is 2.11. The summed E-state index contributed by atoms with van der Waals surface area (Å²) in [7, 11) is 0. The molecule has 0 fully saturated rings. The zero-order valence-corrected chi connectivity index (χ0v) is 10.6. The Labute approximate surface area is 102 Å². The molecule has 0 aliphatic heterocycles. The molecule has 1 unspecified atom stereocenters. The van der Waals surface area contributed by atoms with Crippen LogP contribution in [0.5, 0.6) is 0 Å². The highest BCUT2D eigenvalue weighted by Crippen LogP contribution is 2.18. The third-order valence-corrected chi connectivity index (χ3v) is 3.03. The number of aromatic nitrogens is 2. The van der Waals surface area contributed by atoms with E-state index in [-0.39, 0.29) is 6.04 Å². The second kappa shape index (κ2) is 5.15. The highest BCUT2D eigenvalue weighted by atomic mass is 15.1. The number of aromatic amines is 1. The van der Waals surface area contributed by atoms with Gasteiger partial charge in [0.25, 0.3) is 0 Å². The molecular weight excluding hydrogens is 210 g/mol. The fourth-order valence-corrected chi connectivity index (χ4v) is 2.01. The summed E-state index contributed by atoms with van der Waals surface area (Å²) in [6, 6.07) is 11.2. The van der Waals surface area contributed by atoms with E-state index in [0.29, 0.717) is 6.04 Å². The van der Waals surface area contributed by atoms with Crippen molar-refractivity contribution in [1.82, 2.24) is 15.5 Å². The smallest absolute Gasteiger partial charge is 0.0518 e. The molecule has 0 aliphatic rings. The normalized spacial score (nSPS) is 14.5. The van der Waals surface area contributed by atoms with Crippen molar-refractivity contribution in [3.8, 4) is 0 Å². The molecule has 1 aromatic carbocycles. The summed E-state index contributed by atoms with van der Waals surface area (Å²) in [5.74, 6) is 0. The first-order chi connectivity index (χ1) is 8.16. The summed E-state index contributed by atoms with van der Waals surface area (Å²) >= 11 is 0. The first kappa shape index (κ1) is 11.9. The minimum Gasteiger partial charge on any atom is -0.302 e. The van der Waals surface area contributed by atoms with E-state index in [2.05, 4.69) is 60.6 Å². The molecule has 2 atom stereocenters. The van der Waals surface area contributed by atoms with Gasteiger partial charge in [-0.2, -0.15) is 5.10 Å². The summed E-state index contributed by atoms with van der Waals surface area (Å²) < 4.78 is 0. The van der Waals surface area contributed by atoms with Gasteiger partial charge < -0.3 is 5.32 Å². The number of aryl methyl sites for hydroxylation is 1. The molecule has 0 saturated carbocycles. The maximum absolute atomic E-state index is 3.97. The van der Waals surface area contributed by atoms with Crippen LogP contribution in [0.2, 0.25) is 0 Å². The fourth-order valence-electron chi connectivity index (χ4n) is 2.01. The lowest BCUT2D eigenvalue weighted by molar-refractivity contribution is 0.485. The molecule has 0 radical (unpaired) electrons. The van der Waals surface area contributed by atoms with Gasteiger partial charge in [0.1, 0.15) is 0 Å². The monoisotopic (exact) mass is 229 g/mol. The summed E-state index contributed by atoms with van der Waals surface area (Å²) in [6.07, 6.45) is 1.78. The van der Waals surface area contributed by atoms with E-state index in [1.54, 1.807) is 6.20 Å². The van der Waals surface area contributed by atoms with E-state index < -0.39 is 0 Å². The first-order valence-electron chi connectivity index (χ1n) is 5.98. The first-order valence-corrected chi connectivity index (χ1v) is 5.98. The second-order valence-electron chi connectivity index (χ2n) is 4.54. The lowest BCUT2D eigenvalue weighted by Gasteiger charge is -2.19. The van der Waals surface area contributed by atoms with Crippen molar-refractivity contribution in [2.75, 3.05) is 0 Å². The molecule has 2 rings (SSSR count). The van der Waals surface area contributed by atoms with Gasteiger partial charge in [0.05, 0.1) is 5.69 Å². The predicted octanol–water partition coefficient (Wildman–Crippen LogP) is 3.13. The van der Waals surface area contributed by atoms with Crippen LogP contribution < -0.4 is 5.32 Å². The molecule has 17 heavy (non-hydrogen) atoms. The average molecular weight is 229 g/mol. The summed E-state index contributed by atoms with van der Waals surface area (Å²) in [4.78, 5) is 0. The molecule has 0 bridgehead atoms. The zero-order valence-electron chi connectivity index (χ0n) is 10.6. The number of hydrogen-bond acceptors (Lipinski definition) is 2. The molecule has 2 aromatic rings. The Hall–Kier alpha value is -1.61. The van der Waals surface area contributed by atoms with Crippen LogP contribution in [0.3, 0.4) is 0 Å². The van der Waals surface area contributed by atoms with Gasteiger partial charge in [-0.25, -0.2) is 0 Å². The summed E-state index contributed by atoms with van der Waals surface area (Å²) in [5.41, 5.74) is 3.73. The summed E-state index contributed by atoms with van der Waals surface area (Å²) in [5, 5.41) is 10.5. The lowest BCUT2D eigenvalue weighted by atomic mass is 10.0. The van der Waals surface area contributed by atoms with Gasteiger partial charge in [0, 0.05) is 18.3 Å². The minimum absolute atomic E-state index is 0.271.